The Balaban J connectivity index is 1.76. The van der Waals surface area contributed by atoms with Crippen molar-refractivity contribution in [1.82, 2.24) is 4.57 Å². The van der Waals surface area contributed by atoms with Crippen LogP contribution in [0.3, 0.4) is 0 Å². The largest absolute Gasteiger partial charge is 0.478 e. The third-order valence-corrected chi connectivity index (χ3v) is 6.90. The number of carboxylic acid groups (broad SMARTS) is 1. The molecule has 0 aliphatic carbocycles. The standard InChI is InChI=1S/C31H37NO2/c1-3-5-7-9-11-23-13-19-29-27(21-23)28-22-24(12-10-8-6-4-2)14-20-30(28)32(29)26-17-15-25(16-18-26)31(33)34/h13-22H,3-12H2,1-2H3,(H,33,34). The molecule has 4 rings (SSSR count). The van der Waals surface area contributed by atoms with Gasteiger partial charge in [-0.05, 0) is 85.3 Å². The lowest BCUT2D eigenvalue weighted by Crippen LogP contribution is -1.98. The van der Waals surface area contributed by atoms with Gasteiger partial charge in [0, 0.05) is 16.5 Å². The van der Waals surface area contributed by atoms with Crippen molar-refractivity contribution >= 4 is 27.8 Å². The fourth-order valence-electron chi connectivity index (χ4n) is 4.97. The summed E-state index contributed by atoms with van der Waals surface area (Å²) in [6, 6.07) is 21.0. The van der Waals surface area contributed by atoms with Crippen LogP contribution in [0.4, 0.5) is 0 Å². The SMILES string of the molecule is CCCCCCc1ccc2c(c1)c1cc(CCCCCC)ccc1n2-c1ccc(C(=O)O)cc1. The van der Waals surface area contributed by atoms with Crippen molar-refractivity contribution in [2.45, 2.75) is 78.1 Å². The second-order valence-corrected chi connectivity index (χ2v) is 9.51. The Morgan fingerprint density at radius 1 is 0.676 bits per heavy atom. The molecule has 3 heteroatoms. The van der Waals surface area contributed by atoms with Crippen molar-refractivity contribution in [3.63, 3.8) is 0 Å². The minimum Gasteiger partial charge on any atom is -0.478 e. The quantitative estimate of drug-likeness (QED) is 0.217. The molecular formula is C31H37NO2. The van der Waals surface area contributed by atoms with Crippen LogP contribution in [-0.2, 0) is 12.8 Å². The molecule has 0 saturated carbocycles. The fraction of sp³-hybridized carbons (Fsp3) is 0.387. The van der Waals surface area contributed by atoms with Crippen molar-refractivity contribution < 1.29 is 9.90 Å². The summed E-state index contributed by atoms with van der Waals surface area (Å²) in [5.41, 5.74) is 6.47. The molecular weight excluding hydrogens is 418 g/mol. The Morgan fingerprint density at radius 2 is 1.18 bits per heavy atom. The van der Waals surface area contributed by atoms with E-state index in [1.165, 1.54) is 84.3 Å². The van der Waals surface area contributed by atoms with E-state index in [1.54, 1.807) is 12.1 Å². The topological polar surface area (TPSA) is 42.2 Å². The third-order valence-electron chi connectivity index (χ3n) is 6.90. The van der Waals surface area contributed by atoms with Crippen LogP contribution in [0.1, 0.15) is 86.7 Å². The molecule has 3 aromatic carbocycles. The Morgan fingerprint density at radius 3 is 1.62 bits per heavy atom. The number of aromatic nitrogens is 1. The zero-order chi connectivity index (χ0) is 23.9. The summed E-state index contributed by atoms with van der Waals surface area (Å²) in [6.07, 6.45) is 12.4. The van der Waals surface area contributed by atoms with Crippen molar-refractivity contribution in [3.05, 3.63) is 77.4 Å². The Kier molecular flexibility index (Phi) is 8.05. The Bertz CT molecular complexity index is 1180. The van der Waals surface area contributed by atoms with Gasteiger partial charge in [0.25, 0.3) is 0 Å². The molecule has 1 aromatic heterocycles. The number of hydrogen-bond donors (Lipinski definition) is 1. The van der Waals surface area contributed by atoms with Crippen LogP contribution in [0.25, 0.3) is 27.5 Å². The van der Waals surface area contributed by atoms with Gasteiger partial charge in [-0.2, -0.15) is 0 Å². The van der Waals surface area contributed by atoms with E-state index >= 15 is 0 Å². The summed E-state index contributed by atoms with van der Waals surface area (Å²) in [6.45, 7) is 4.51. The average Bonchev–Trinajstić information content (AvgIpc) is 3.17. The van der Waals surface area contributed by atoms with Crippen LogP contribution in [0, 0.1) is 0 Å². The number of benzene rings is 3. The molecule has 1 heterocycles. The monoisotopic (exact) mass is 455 g/mol. The molecule has 3 nitrogen and oxygen atoms in total. The number of rotatable bonds is 12. The third kappa shape index (κ3) is 5.35. The van der Waals surface area contributed by atoms with E-state index in [1.807, 2.05) is 12.1 Å². The van der Waals surface area contributed by atoms with Gasteiger partial charge in [0.05, 0.1) is 16.6 Å². The highest BCUT2D eigenvalue weighted by Crippen LogP contribution is 2.34. The maximum absolute atomic E-state index is 11.3. The Labute approximate surface area is 203 Å². The second-order valence-electron chi connectivity index (χ2n) is 9.51. The maximum atomic E-state index is 11.3. The first-order valence-corrected chi connectivity index (χ1v) is 13.0. The zero-order valence-electron chi connectivity index (χ0n) is 20.6. The number of aromatic carboxylic acids is 1. The maximum Gasteiger partial charge on any atom is 0.335 e. The van der Waals surface area contributed by atoms with Gasteiger partial charge in [0.15, 0.2) is 0 Å². The number of carbonyl (C=O) groups is 1. The van der Waals surface area contributed by atoms with E-state index in [2.05, 4.69) is 54.8 Å². The lowest BCUT2D eigenvalue weighted by molar-refractivity contribution is 0.0697. The predicted octanol–water partition coefficient (Wildman–Crippen LogP) is 8.73. The first kappa shape index (κ1) is 24.1. The van der Waals surface area contributed by atoms with E-state index in [0.29, 0.717) is 5.56 Å². The van der Waals surface area contributed by atoms with Gasteiger partial charge < -0.3 is 9.67 Å². The van der Waals surface area contributed by atoms with Gasteiger partial charge in [-0.1, -0.05) is 64.5 Å². The summed E-state index contributed by atoms with van der Waals surface area (Å²) in [5.74, 6) is -0.894. The molecule has 4 aromatic rings. The molecule has 178 valence electrons. The van der Waals surface area contributed by atoms with E-state index in [-0.39, 0.29) is 0 Å². The summed E-state index contributed by atoms with van der Waals surface area (Å²) in [5, 5.41) is 11.9. The van der Waals surface area contributed by atoms with Gasteiger partial charge in [-0.25, -0.2) is 4.79 Å². The number of carboxylic acids is 1. The summed E-state index contributed by atoms with van der Waals surface area (Å²) < 4.78 is 2.28. The molecule has 1 N–H and O–H groups in total. The van der Waals surface area contributed by atoms with Crippen LogP contribution >= 0.6 is 0 Å². The van der Waals surface area contributed by atoms with Gasteiger partial charge in [-0.15, -0.1) is 0 Å². The molecule has 0 amide bonds. The molecule has 0 aliphatic heterocycles. The number of hydrogen-bond acceptors (Lipinski definition) is 1. The van der Waals surface area contributed by atoms with Crippen molar-refractivity contribution in [3.8, 4) is 5.69 Å². The molecule has 0 fully saturated rings. The van der Waals surface area contributed by atoms with Crippen LogP contribution in [0.2, 0.25) is 0 Å². The van der Waals surface area contributed by atoms with Crippen LogP contribution < -0.4 is 0 Å². The molecule has 0 unspecified atom stereocenters. The molecule has 0 aliphatic rings. The van der Waals surface area contributed by atoms with E-state index in [9.17, 15) is 9.90 Å². The first-order valence-electron chi connectivity index (χ1n) is 13.0. The Hall–Kier alpha value is -3.07. The van der Waals surface area contributed by atoms with Crippen LogP contribution in [0.5, 0.6) is 0 Å². The summed E-state index contributed by atoms with van der Waals surface area (Å²) in [7, 11) is 0. The van der Waals surface area contributed by atoms with Crippen molar-refractivity contribution in [1.29, 1.82) is 0 Å². The first-order chi connectivity index (χ1) is 16.6. The highest BCUT2D eigenvalue weighted by Gasteiger charge is 2.14. The van der Waals surface area contributed by atoms with Gasteiger partial charge in [0.1, 0.15) is 0 Å². The lowest BCUT2D eigenvalue weighted by atomic mass is 10.0. The van der Waals surface area contributed by atoms with E-state index < -0.39 is 5.97 Å². The highest BCUT2D eigenvalue weighted by molar-refractivity contribution is 6.09. The fourth-order valence-corrected chi connectivity index (χ4v) is 4.97. The highest BCUT2D eigenvalue weighted by atomic mass is 16.4. The molecule has 34 heavy (non-hydrogen) atoms. The van der Waals surface area contributed by atoms with Crippen LogP contribution in [-0.4, -0.2) is 15.6 Å². The van der Waals surface area contributed by atoms with Gasteiger partial charge >= 0.3 is 5.97 Å². The molecule has 0 radical (unpaired) electrons. The molecule has 0 bridgehead atoms. The minimum atomic E-state index is -0.894. The smallest absolute Gasteiger partial charge is 0.335 e. The zero-order valence-corrected chi connectivity index (χ0v) is 20.6. The lowest BCUT2D eigenvalue weighted by Gasteiger charge is -2.09. The van der Waals surface area contributed by atoms with Gasteiger partial charge in [-0.3, -0.25) is 0 Å². The van der Waals surface area contributed by atoms with Gasteiger partial charge in [0.2, 0.25) is 0 Å². The predicted molar refractivity (Wildman–Crippen MR) is 143 cm³/mol. The molecule has 0 saturated heterocycles. The van der Waals surface area contributed by atoms with Crippen LogP contribution in [0.15, 0.2) is 60.7 Å². The molecule has 0 spiro atoms. The summed E-state index contributed by atoms with van der Waals surface area (Å²) in [4.78, 5) is 11.3. The normalized spacial score (nSPS) is 11.5. The molecule has 0 atom stereocenters. The van der Waals surface area contributed by atoms with E-state index in [0.717, 1.165) is 18.5 Å². The number of aryl methyl sites for hydroxylation is 2. The minimum absolute atomic E-state index is 0.313. The number of fused-ring (bicyclic) bond motifs is 3. The average molecular weight is 456 g/mol. The second kappa shape index (κ2) is 11.4. The number of unbranched alkanes of at least 4 members (excludes halogenated alkanes) is 6. The van der Waals surface area contributed by atoms with Crippen molar-refractivity contribution in [2.24, 2.45) is 0 Å². The van der Waals surface area contributed by atoms with E-state index in [4.69, 9.17) is 0 Å². The van der Waals surface area contributed by atoms with Crippen molar-refractivity contribution in [2.75, 3.05) is 0 Å². The number of nitrogens with zero attached hydrogens (tertiary/aromatic N) is 1. The summed E-state index contributed by atoms with van der Waals surface area (Å²) >= 11 is 0.